The van der Waals surface area contributed by atoms with Gasteiger partial charge in [-0.25, -0.2) is 9.18 Å². The summed E-state index contributed by atoms with van der Waals surface area (Å²) in [5.41, 5.74) is 2.29. The summed E-state index contributed by atoms with van der Waals surface area (Å²) in [4.78, 5) is 18.9. The summed E-state index contributed by atoms with van der Waals surface area (Å²) in [7, 11) is 0. The van der Waals surface area contributed by atoms with Crippen molar-refractivity contribution >= 4 is 11.7 Å². The summed E-state index contributed by atoms with van der Waals surface area (Å²) in [6.45, 7) is 4.46. The topological polar surface area (TPSA) is 55.5 Å². The number of amides is 2. The molecule has 7 heteroatoms. The van der Waals surface area contributed by atoms with Gasteiger partial charge in [-0.3, -0.25) is 5.10 Å². The molecule has 5 rings (SSSR count). The minimum absolute atomic E-state index is 0.171. The maximum absolute atomic E-state index is 14.7. The average molecular weight is 383 g/mol. The molecule has 3 fully saturated rings. The van der Waals surface area contributed by atoms with Gasteiger partial charge in [0.2, 0.25) is 0 Å². The average Bonchev–Trinajstić information content (AvgIpc) is 3.45. The van der Waals surface area contributed by atoms with Crippen molar-refractivity contribution in [2.45, 2.75) is 19.3 Å². The maximum Gasteiger partial charge on any atom is 0.320 e. The minimum atomic E-state index is -0.231. The van der Waals surface area contributed by atoms with Gasteiger partial charge in [-0.05, 0) is 42.4 Å². The Labute approximate surface area is 164 Å². The number of carbonyl (C=O) groups excluding carboxylic acids is 1. The van der Waals surface area contributed by atoms with E-state index in [1.807, 2.05) is 26.8 Å². The molecule has 2 aromatic rings. The molecule has 3 heterocycles. The number of fused-ring (bicyclic) bond motifs is 1. The third-order valence-corrected chi connectivity index (χ3v) is 6.67. The van der Waals surface area contributed by atoms with Crippen LogP contribution in [0.25, 0.3) is 11.1 Å². The third kappa shape index (κ3) is 3.12. The van der Waals surface area contributed by atoms with E-state index < -0.39 is 0 Å². The van der Waals surface area contributed by atoms with Crippen LogP contribution in [0.15, 0.2) is 30.6 Å². The lowest BCUT2D eigenvalue weighted by Gasteiger charge is -2.38. The fraction of sp³-hybridized carbons (Fsp3) is 0.524. The lowest BCUT2D eigenvalue weighted by molar-refractivity contribution is 0.156. The monoisotopic (exact) mass is 383 g/mol. The minimum Gasteiger partial charge on any atom is -0.366 e. The van der Waals surface area contributed by atoms with Crippen molar-refractivity contribution < 1.29 is 9.18 Å². The largest absolute Gasteiger partial charge is 0.366 e. The third-order valence-electron chi connectivity index (χ3n) is 6.67. The molecule has 2 aliphatic heterocycles. The van der Waals surface area contributed by atoms with E-state index in [9.17, 15) is 9.18 Å². The van der Waals surface area contributed by atoms with Crippen LogP contribution in [0.5, 0.6) is 0 Å². The van der Waals surface area contributed by atoms with E-state index >= 15 is 0 Å². The van der Waals surface area contributed by atoms with Crippen LogP contribution < -0.4 is 4.90 Å². The maximum atomic E-state index is 14.7. The van der Waals surface area contributed by atoms with Crippen LogP contribution in [-0.2, 0) is 0 Å². The molecule has 0 bridgehead atoms. The summed E-state index contributed by atoms with van der Waals surface area (Å²) in [6.07, 6.45) is 7.31. The number of carbonyl (C=O) groups is 1. The molecule has 1 aromatic heterocycles. The summed E-state index contributed by atoms with van der Waals surface area (Å²) in [5.74, 6) is 1.20. The number of hydrogen-bond donors (Lipinski definition) is 1. The van der Waals surface area contributed by atoms with Crippen LogP contribution in [0, 0.1) is 17.7 Å². The van der Waals surface area contributed by atoms with Crippen LogP contribution in [0.4, 0.5) is 14.9 Å². The smallest absolute Gasteiger partial charge is 0.320 e. The predicted molar refractivity (Wildman–Crippen MR) is 106 cm³/mol. The van der Waals surface area contributed by atoms with Gasteiger partial charge in [-0.1, -0.05) is 12.5 Å². The molecule has 0 spiro atoms. The van der Waals surface area contributed by atoms with E-state index in [4.69, 9.17) is 0 Å². The highest BCUT2D eigenvalue weighted by molar-refractivity contribution is 5.75. The predicted octanol–water partition coefficient (Wildman–Crippen LogP) is 3.19. The second kappa shape index (κ2) is 7.11. The molecule has 1 saturated carbocycles. The van der Waals surface area contributed by atoms with E-state index in [1.54, 1.807) is 18.5 Å². The number of piperazine rings is 1. The number of benzene rings is 1. The molecule has 6 nitrogen and oxygen atoms in total. The van der Waals surface area contributed by atoms with Crippen molar-refractivity contribution in [3.8, 4) is 11.1 Å². The van der Waals surface area contributed by atoms with Crippen molar-refractivity contribution in [2.75, 3.05) is 44.2 Å². The molecule has 1 aromatic carbocycles. The van der Waals surface area contributed by atoms with E-state index in [0.29, 0.717) is 43.7 Å². The molecule has 0 radical (unpaired) electrons. The number of likely N-dealkylation sites (tertiary alicyclic amines) is 1. The Morgan fingerprint density at radius 3 is 2.43 bits per heavy atom. The fourth-order valence-corrected chi connectivity index (χ4v) is 5.08. The molecule has 2 unspecified atom stereocenters. The Morgan fingerprint density at radius 1 is 1.04 bits per heavy atom. The number of H-pyrrole nitrogens is 1. The van der Waals surface area contributed by atoms with Gasteiger partial charge < -0.3 is 14.7 Å². The van der Waals surface area contributed by atoms with Gasteiger partial charge in [-0.15, -0.1) is 0 Å². The Balaban J connectivity index is 1.21. The van der Waals surface area contributed by atoms with Crippen LogP contribution in [0.3, 0.4) is 0 Å². The van der Waals surface area contributed by atoms with Gasteiger partial charge in [0.15, 0.2) is 0 Å². The molecule has 148 valence electrons. The summed E-state index contributed by atoms with van der Waals surface area (Å²) in [5, 5.41) is 6.67. The number of hydrogen-bond acceptors (Lipinski definition) is 3. The number of nitrogens with one attached hydrogen (secondary N) is 1. The van der Waals surface area contributed by atoms with Crippen molar-refractivity contribution in [3.63, 3.8) is 0 Å². The van der Waals surface area contributed by atoms with Gasteiger partial charge in [-0.2, -0.15) is 5.10 Å². The first-order chi connectivity index (χ1) is 13.7. The number of aromatic nitrogens is 2. The van der Waals surface area contributed by atoms with Crippen LogP contribution in [0.1, 0.15) is 19.3 Å². The SMILES string of the molecule is O=C(N1CCN(c2ccc(-c3cn[nH]c3)cc2F)CC1)N1CC2CCCC2C1. The molecule has 2 amide bonds. The molecular formula is C21H26FN5O. The number of rotatable bonds is 2. The van der Waals surface area contributed by atoms with Crippen molar-refractivity contribution in [3.05, 3.63) is 36.4 Å². The first-order valence-corrected chi connectivity index (χ1v) is 10.3. The van der Waals surface area contributed by atoms with Gasteiger partial charge >= 0.3 is 6.03 Å². The zero-order valence-corrected chi connectivity index (χ0v) is 16.0. The number of anilines is 1. The van der Waals surface area contributed by atoms with Gasteiger partial charge in [0.25, 0.3) is 0 Å². The number of urea groups is 1. The highest BCUT2D eigenvalue weighted by Gasteiger charge is 2.39. The first kappa shape index (κ1) is 17.5. The fourth-order valence-electron chi connectivity index (χ4n) is 5.08. The van der Waals surface area contributed by atoms with E-state index in [1.165, 1.54) is 19.3 Å². The highest BCUT2D eigenvalue weighted by atomic mass is 19.1. The molecule has 2 saturated heterocycles. The van der Waals surface area contributed by atoms with Crippen LogP contribution in [0.2, 0.25) is 0 Å². The molecule has 28 heavy (non-hydrogen) atoms. The summed E-state index contributed by atoms with van der Waals surface area (Å²) < 4.78 is 14.7. The number of aromatic amines is 1. The summed E-state index contributed by atoms with van der Waals surface area (Å²) >= 11 is 0. The molecule has 3 aliphatic rings. The number of halogens is 1. The van der Waals surface area contributed by atoms with Crippen LogP contribution in [-0.4, -0.2) is 65.3 Å². The second-order valence-corrected chi connectivity index (χ2v) is 8.27. The second-order valence-electron chi connectivity index (χ2n) is 8.27. The normalized spacial score (nSPS) is 24.7. The standard InChI is InChI=1S/C21H26FN5O/c22-19-10-15(18-11-23-24-12-18)4-5-20(19)25-6-8-26(9-7-25)21(28)27-13-16-2-1-3-17(16)14-27/h4-5,10-12,16-17H,1-3,6-9,13-14H2,(H,23,24). The molecule has 1 aliphatic carbocycles. The molecule has 1 N–H and O–H groups in total. The molecule has 2 atom stereocenters. The van der Waals surface area contributed by atoms with Crippen LogP contribution >= 0.6 is 0 Å². The van der Waals surface area contributed by atoms with Crippen molar-refractivity contribution in [1.82, 2.24) is 20.0 Å². The van der Waals surface area contributed by atoms with Crippen molar-refractivity contribution in [2.24, 2.45) is 11.8 Å². The van der Waals surface area contributed by atoms with E-state index in [0.717, 1.165) is 24.2 Å². The van der Waals surface area contributed by atoms with E-state index in [2.05, 4.69) is 10.2 Å². The Morgan fingerprint density at radius 2 is 1.79 bits per heavy atom. The number of nitrogens with zero attached hydrogens (tertiary/aromatic N) is 4. The summed E-state index contributed by atoms with van der Waals surface area (Å²) in [6, 6.07) is 5.48. The van der Waals surface area contributed by atoms with E-state index in [-0.39, 0.29) is 11.8 Å². The molecular weight excluding hydrogens is 357 g/mol. The van der Waals surface area contributed by atoms with Crippen molar-refractivity contribution in [1.29, 1.82) is 0 Å². The highest BCUT2D eigenvalue weighted by Crippen LogP contribution is 2.38. The van der Waals surface area contributed by atoms with Gasteiger partial charge in [0.05, 0.1) is 11.9 Å². The van der Waals surface area contributed by atoms with Gasteiger partial charge in [0.1, 0.15) is 5.82 Å². The lowest BCUT2D eigenvalue weighted by atomic mass is 10.0. The zero-order chi connectivity index (χ0) is 19.1. The Kier molecular flexibility index (Phi) is 4.45. The van der Waals surface area contributed by atoms with Gasteiger partial charge in [0, 0.05) is 51.0 Å². The first-order valence-electron chi connectivity index (χ1n) is 10.3. The lowest BCUT2D eigenvalue weighted by Crippen LogP contribution is -2.52. The quantitative estimate of drug-likeness (QED) is 0.867. The Bertz CT molecular complexity index is 834. The Hall–Kier alpha value is -2.57. The zero-order valence-electron chi connectivity index (χ0n) is 16.0.